The van der Waals surface area contributed by atoms with Gasteiger partial charge >= 0.3 is 12.0 Å². The summed E-state index contributed by atoms with van der Waals surface area (Å²) in [7, 11) is 0. The Balaban J connectivity index is 2.32. The molecule has 1 rings (SSSR count). The summed E-state index contributed by atoms with van der Waals surface area (Å²) in [6, 6.07) is -0.276. The molecule has 2 amide bonds. The van der Waals surface area contributed by atoms with Gasteiger partial charge in [-0.25, -0.2) is 10.2 Å². The minimum absolute atomic E-state index is 0.211. The van der Waals surface area contributed by atoms with Gasteiger partial charge in [0.2, 0.25) is 0 Å². The van der Waals surface area contributed by atoms with Gasteiger partial charge in [0.25, 0.3) is 0 Å². The van der Waals surface area contributed by atoms with Crippen molar-refractivity contribution in [1.29, 1.82) is 0 Å². The second-order valence-corrected chi connectivity index (χ2v) is 6.54. The van der Waals surface area contributed by atoms with Gasteiger partial charge in [-0.3, -0.25) is 4.79 Å². The maximum Gasteiger partial charge on any atom is 0.335 e. The minimum Gasteiger partial charge on any atom is -0.481 e. The highest BCUT2D eigenvalue weighted by molar-refractivity contribution is 5.87. The first-order chi connectivity index (χ1) is 11.0. The maximum absolute atomic E-state index is 11.9. The van der Waals surface area contributed by atoms with E-state index in [1.165, 1.54) is 0 Å². The van der Waals surface area contributed by atoms with Gasteiger partial charge in [-0.15, -0.1) is 0 Å². The molecule has 0 heterocycles. The van der Waals surface area contributed by atoms with Crippen LogP contribution in [-0.2, 0) is 4.79 Å². The molecule has 0 aliphatic heterocycles. The van der Waals surface area contributed by atoms with E-state index in [-0.39, 0.29) is 11.9 Å². The van der Waals surface area contributed by atoms with Crippen LogP contribution in [0, 0.1) is 17.8 Å². The van der Waals surface area contributed by atoms with Gasteiger partial charge < -0.3 is 10.4 Å². The molecule has 0 spiro atoms. The quantitative estimate of drug-likeness (QED) is 0.472. The normalized spacial score (nSPS) is 23.2. The third-order valence-electron chi connectivity index (χ3n) is 4.74. The zero-order valence-electron chi connectivity index (χ0n) is 14.6. The van der Waals surface area contributed by atoms with Gasteiger partial charge in [0.05, 0.1) is 5.92 Å². The Morgan fingerprint density at radius 1 is 1.22 bits per heavy atom. The predicted molar refractivity (Wildman–Crippen MR) is 91.4 cm³/mol. The van der Waals surface area contributed by atoms with Crippen LogP contribution in [0.3, 0.4) is 0 Å². The fourth-order valence-corrected chi connectivity index (χ4v) is 2.92. The number of rotatable bonds is 8. The SMILES string of the molecule is CCC/C(=N/NC(=O)NCC1CCC(C(=O)O)CC1)[C@@H](C)CC. The van der Waals surface area contributed by atoms with Gasteiger partial charge in [0, 0.05) is 12.3 Å². The van der Waals surface area contributed by atoms with Crippen molar-refractivity contribution in [2.75, 3.05) is 6.54 Å². The van der Waals surface area contributed by atoms with Gasteiger partial charge in [0.1, 0.15) is 0 Å². The number of nitrogens with zero attached hydrogens (tertiary/aromatic N) is 1. The molecule has 0 aromatic carbocycles. The van der Waals surface area contributed by atoms with Crippen LogP contribution in [0.2, 0.25) is 0 Å². The molecule has 3 N–H and O–H groups in total. The Bertz CT molecular complexity index is 415. The lowest BCUT2D eigenvalue weighted by atomic mass is 9.82. The summed E-state index contributed by atoms with van der Waals surface area (Å²) in [6.45, 7) is 6.92. The van der Waals surface area contributed by atoms with E-state index in [1.807, 2.05) is 0 Å². The fourth-order valence-electron chi connectivity index (χ4n) is 2.92. The second-order valence-electron chi connectivity index (χ2n) is 6.54. The van der Waals surface area contributed by atoms with Crippen LogP contribution in [0.15, 0.2) is 5.10 Å². The van der Waals surface area contributed by atoms with Crippen LogP contribution >= 0.6 is 0 Å². The Morgan fingerprint density at radius 3 is 2.39 bits per heavy atom. The zero-order chi connectivity index (χ0) is 17.2. The molecule has 132 valence electrons. The molecule has 1 fully saturated rings. The number of carbonyl (C=O) groups excluding carboxylic acids is 1. The van der Waals surface area contributed by atoms with Crippen molar-refractivity contribution in [2.24, 2.45) is 22.9 Å². The van der Waals surface area contributed by atoms with Crippen LogP contribution < -0.4 is 10.7 Å². The number of amides is 2. The average molecular weight is 325 g/mol. The maximum atomic E-state index is 11.9. The highest BCUT2D eigenvalue weighted by atomic mass is 16.4. The molecule has 0 unspecified atom stereocenters. The number of hydrogen-bond donors (Lipinski definition) is 3. The number of aliphatic carboxylic acids is 1. The van der Waals surface area contributed by atoms with E-state index < -0.39 is 5.97 Å². The third-order valence-corrected chi connectivity index (χ3v) is 4.74. The molecule has 23 heavy (non-hydrogen) atoms. The number of nitrogens with one attached hydrogen (secondary N) is 2. The zero-order valence-corrected chi connectivity index (χ0v) is 14.6. The second kappa shape index (κ2) is 10.2. The van der Waals surface area contributed by atoms with Gasteiger partial charge in [-0.2, -0.15) is 5.10 Å². The number of carboxylic acids is 1. The van der Waals surface area contributed by atoms with E-state index in [0.717, 1.165) is 37.8 Å². The summed E-state index contributed by atoms with van der Waals surface area (Å²) in [4.78, 5) is 22.8. The molecule has 6 heteroatoms. The summed E-state index contributed by atoms with van der Waals surface area (Å²) in [6.07, 6.45) is 6.04. The molecule has 1 saturated carbocycles. The molecule has 0 aromatic heterocycles. The largest absolute Gasteiger partial charge is 0.481 e. The first-order valence-corrected chi connectivity index (χ1v) is 8.80. The van der Waals surface area contributed by atoms with Crippen molar-refractivity contribution in [3.05, 3.63) is 0 Å². The third kappa shape index (κ3) is 7.01. The predicted octanol–water partition coefficient (Wildman–Crippen LogP) is 3.38. The number of urea groups is 1. The lowest BCUT2D eigenvalue weighted by molar-refractivity contribution is -0.143. The molecule has 1 aliphatic rings. The Labute approximate surface area is 139 Å². The summed E-state index contributed by atoms with van der Waals surface area (Å²) < 4.78 is 0. The van der Waals surface area contributed by atoms with Crippen LogP contribution in [0.1, 0.15) is 65.7 Å². The molecule has 1 atom stereocenters. The summed E-state index contributed by atoms with van der Waals surface area (Å²) in [5.41, 5.74) is 3.63. The lowest BCUT2D eigenvalue weighted by Crippen LogP contribution is -2.37. The first kappa shape index (κ1) is 19.5. The van der Waals surface area contributed by atoms with E-state index >= 15 is 0 Å². The molecular formula is C17H31N3O3. The van der Waals surface area contributed by atoms with Crippen molar-refractivity contribution in [3.8, 4) is 0 Å². The van der Waals surface area contributed by atoms with Gasteiger partial charge in [0.15, 0.2) is 0 Å². The standard InChI is InChI=1S/C17H31N3O3/c1-4-6-15(12(3)5-2)19-20-17(23)18-11-13-7-9-14(10-8-13)16(21)22/h12-14H,4-11H2,1-3H3,(H,21,22)(H2,18,20,23)/b19-15-/t12-,13?,14?/m0/s1. The van der Waals surface area contributed by atoms with E-state index in [0.29, 0.717) is 31.2 Å². The van der Waals surface area contributed by atoms with Gasteiger partial charge in [-0.1, -0.05) is 27.2 Å². The molecule has 0 saturated heterocycles. The molecule has 0 aromatic rings. The summed E-state index contributed by atoms with van der Waals surface area (Å²) in [5.74, 6) is -0.166. The summed E-state index contributed by atoms with van der Waals surface area (Å²) in [5, 5.41) is 16.1. The topological polar surface area (TPSA) is 90.8 Å². The number of carboxylic acid groups (broad SMARTS) is 1. The van der Waals surface area contributed by atoms with Crippen molar-refractivity contribution < 1.29 is 14.7 Å². The van der Waals surface area contributed by atoms with Crippen LogP contribution in [0.5, 0.6) is 0 Å². The molecule has 6 nitrogen and oxygen atoms in total. The molecule has 1 aliphatic carbocycles. The van der Waals surface area contributed by atoms with Crippen molar-refractivity contribution in [2.45, 2.75) is 65.7 Å². The Morgan fingerprint density at radius 2 is 1.87 bits per heavy atom. The van der Waals surface area contributed by atoms with Crippen molar-refractivity contribution in [1.82, 2.24) is 10.7 Å². The first-order valence-electron chi connectivity index (χ1n) is 8.80. The average Bonchev–Trinajstić information content (AvgIpc) is 2.56. The van der Waals surface area contributed by atoms with Crippen LogP contribution in [0.4, 0.5) is 4.79 Å². The smallest absolute Gasteiger partial charge is 0.335 e. The highest BCUT2D eigenvalue weighted by Crippen LogP contribution is 2.28. The van der Waals surface area contributed by atoms with Crippen molar-refractivity contribution >= 4 is 17.7 Å². The van der Waals surface area contributed by atoms with E-state index in [9.17, 15) is 9.59 Å². The van der Waals surface area contributed by atoms with Gasteiger partial charge in [-0.05, 0) is 50.4 Å². The van der Waals surface area contributed by atoms with E-state index in [1.54, 1.807) is 0 Å². The Hall–Kier alpha value is -1.59. The Kier molecular flexibility index (Phi) is 8.66. The lowest BCUT2D eigenvalue weighted by Gasteiger charge is -2.26. The van der Waals surface area contributed by atoms with E-state index in [4.69, 9.17) is 5.11 Å². The molecule has 0 bridgehead atoms. The fraction of sp³-hybridized carbons (Fsp3) is 0.824. The van der Waals surface area contributed by atoms with E-state index in [2.05, 4.69) is 36.6 Å². The molecular weight excluding hydrogens is 294 g/mol. The summed E-state index contributed by atoms with van der Waals surface area (Å²) >= 11 is 0. The highest BCUT2D eigenvalue weighted by Gasteiger charge is 2.25. The number of carbonyl (C=O) groups is 2. The number of hydrazone groups is 1. The van der Waals surface area contributed by atoms with Crippen LogP contribution in [0.25, 0.3) is 0 Å². The van der Waals surface area contributed by atoms with Crippen molar-refractivity contribution in [3.63, 3.8) is 0 Å². The monoisotopic (exact) mass is 325 g/mol. The number of hydrogen-bond acceptors (Lipinski definition) is 3. The minimum atomic E-state index is -0.697. The molecule has 0 radical (unpaired) electrons. The van der Waals surface area contributed by atoms with Crippen LogP contribution in [-0.4, -0.2) is 29.4 Å².